The highest BCUT2D eigenvalue weighted by atomic mass is 127. The van der Waals surface area contributed by atoms with E-state index in [1.165, 1.54) is 0 Å². The van der Waals surface area contributed by atoms with Crippen molar-refractivity contribution in [2.24, 2.45) is 0 Å². The van der Waals surface area contributed by atoms with Crippen LogP contribution in [0, 0.1) is 3.57 Å². The quantitative estimate of drug-likeness (QED) is 0.618. The van der Waals surface area contributed by atoms with Gasteiger partial charge in [-0.3, -0.25) is 4.79 Å². The van der Waals surface area contributed by atoms with Gasteiger partial charge in [0, 0.05) is 8.59 Å². The van der Waals surface area contributed by atoms with Crippen LogP contribution in [0.15, 0.2) is 12.1 Å². The molecule has 6 heteroatoms. The first-order chi connectivity index (χ1) is 7.76. The van der Waals surface area contributed by atoms with E-state index in [1.807, 2.05) is 22.6 Å². The third-order valence-corrected chi connectivity index (χ3v) is 4.08. The Labute approximate surface area is 124 Å². The summed E-state index contributed by atoms with van der Waals surface area (Å²) < 4.78 is 0.639. The lowest BCUT2D eigenvalue weighted by molar-refractivity contribution is 0.0868. The molecule has 0 heterocycles. The van der Waals surface area contributed by atoms with E-state index < -0.39 is 5.54 Å². The summed E-state index contributed by atoms with van der Waals surface area (Å²) in [4.78, 5) is 12.0. The fourth-order valence-corrected chi connectivity index (χ4v) is 2.19. The maximum absolute atomic E-state index is 12.0. The van der Waals surface area contributed by atoms with E-state index in [1.54, 1.807) is 26.0 Å². The second-order valence-corrected chi connectivity index (χ2v) is 6.17. The lowest BCUT2D eigenvalue weighted by atomic mass is 10.1. The summed E-state index contributed by atoms with van der Waals surface area (Å²) in [7, 11) is 0. The van der Waals surface area contributed by atoms with Crippen LogP contribution in [0.3, 0.4) is 0 Å². The van der Waals surface area contributed by atoms with Crippen molar-refractivity contribution in [3.63, 3.8) is 0 Å². The van der Waals surface area contributed by atoms with Gasteiger partial charge < -0.3 is 10.4 Å². The standard InChI is InChI=1S/C11H12Cl2INO2/c1-11(2,5-16)15-10(17)7-3-6(12)4-8(13)9(7)14/h3-4,16H,5H2,1-2H3,(H,15,17). The van der Waals surface area contributed by atoms with Crippen LogP contribution in [0.2, 0.25) is 10.0 Å². The number of nitrogens with one attached hydrogen (secondary N) is 1. The predicted molar refractivity (Wildman–Crippen MR) is 77.8 cm³/mol. The maximum Gasteiger partial charge on any atom is 0.252 e. The van der Waals surface area contributed by atoms with Gasteiger partial charge in [0.2, 0.25) is 0 Å². The zero-order valence-corrected chi connectivity index (χ0v) is 13.0. The van der Waals surface area contributed by atoms with Gasteiger partial charge in [-0.25, -0.2) is 0 Å². The van der Waals surface area contributed by atoms with Gasteiger partial charge >= 0.3 is 0 Å². The van der Waals surface area contributed by atoms with Crippen molar-refractivity contribution < 1.29 is 9.90 Å². The Bertz CT molecular complexity index is 449. The van der Waals surface area contributed by atoms with E-state index >= 15 is 0 Å². The predicted octanol–water partition coefficient (Wildman–Crippen LogP) is 3.10. The average molecular weight is 388 g/mol. The van der Waals surface area contributed by atoms with Crippen LogP contribution in [-0.2, 0) is 0 Å². The van der Waals surface area contributed by atoms with Crippen LogP contribution in [0.4, 0.5) is 0 Å². The van der Waals surface area contributed by atoms with Crippen LogP contribution >= 0.6 is 45.8 Å². The van der Waals surface area contributed by atoms with Gasteiger partial charge in [0.1, 0.15) is 0 Å². The number of hydrogen-bond donors (Lipinski definition) is 2. The first-order valence-corrected chi connectivity index (χ1v) is 6.68. The fraction of sp³-hybridized carbons (Fsp3) is 0.364. The highest BCUT2D eigenvalue weighted by Crippen LogP contribution is 2.27. The van der Waals surface area contributed by atoms with Crippen LogP contribution in [0.5, 0.6) is 0 Å². The summed E-state index contributed by atoms with van der Waals surface area (Å²) in [5.41, 5.74) is -0.278. The third kappa shape index (κ3) is 3.98. The molecule has 0 spiro atoms. The molecule has 0 aliphatic heterocycles. The van der Waals surface area contributed by atoms with Crippen LogP contribution < -0.4 is 5.32 Å². The first kappa shape index (κ1) is 15.0. The number of carbonyl (C=O) groups excluding carboxylic acids is 1. The van der Waals surface area contributed by atoms with E-state index in [9.17, 15) is 4.79 Å². The summed E-state index contributed by atoms with van der Waals surface area (Å²) in [5.74, 6) is -0.308. The Hall–Kier alpha value is -0.0400. The molecular formula is C11H12Cl2INO2. The second-order valence-electron chi connectivity index (χ2n) is 4.25. The largest absolute Gasteiger partial charge is 0.394 e. The highest BCUT2D eigenvalue weighted by molar-refractivity contribution is 14.1. The van der Waals surface area contributed by atoms with Crippen molar-refractivity contribution in [3.8, 4) is 0 Å². The summed E-state index contributed by atoms with van der Waals surface area (Å²) in [6.07, 6.45) is 0. The van der Waals surface area contributed by atoms with Crippen LogP contribution in [0.1, 0.15) is 24.2 Å². The first-order valence-electron chi connectivity index (χ1n) is 4.85. The Balaban J connectivity index is 3.05. The molecular weight excluding hydrogens is 376 g/mol. The smallest absolute Gasteiger partial charge is 0.252 e. The average Bonchev–Trinajstić information content (AvgIpc) is 2.22. The molecule has 0 bridgehead atoms. The molecule has 0 aromatic heterocycles. The van der Waals surface area contributed by atoms with Crippen molar-refractivity contribution in [3.05, 3.63) is 31.3 Å². The van der Waals surface area contributed by atoms with Crippen molar-refractivity contribution in [1.82, 2.24) is 5.32 Å². The Kier molecular flexibility index (Phi) is 5.07. The van der Waals surface area contributed by atoms with E-state index in [-0.39, 0.29) is 12.5 Å². The normalized spacial score (nSPS) is 11.4. The van der Waals surface area contributed by atoms with Crippen molar-refractivity contribution in [1.29, 1.82) is 0 Å². The number of rotatable bonds is 3. The SMILES string of the molecule is CC(C)(CO)NC(=O)c1cc(Cl)cc(Cl)c1I. The number of halogens is 3. The molecule has 0 aliphatic rings. The molecule has 94 valence electrons. The molecule has 17 heavy (non-hydrogen) atoms. The molecule has 0 unspecified atom stereocenters. The number of aliphatic hydroxyl groups is 1. The fourth-order valence-electron chi connectivity index (χ4n) is 1.14. The molecule has 0 atom stereocenters. The van der Waals surface area contributed by atoms with Gasteiger partial charge in [-0.15, -0.1) is 0 Å². The van der Waals surface area contributed by atoms with Crippen LogP contribution in [-0.4, -0.2) is 23.2 Å². The molecule has 3 nitrogen and oxygen atoms in total. The van der Waals surface area contributed by atoms with Crippen molar-refractivity contribution in [2.75, 3.05) is 6.61 Å². The molecule has 2 N–H and O–H groups in total. The van der Waals surface area contributed by atoms with Gasteiger partial charge in [-0.1, -0.05) is 23.2 Å². The molecule has 1 amide bonds. The lowest BCUT2D eigenvalue weighted by Crippen LogP contribution is -2.46. The molecule has 1 aromatic carbocycles. The molecule has 0 fully saturated rings. The number of aliphatic hydroxyl groups excluding tert-OH is 1. The van der Waals surface area contributed by atoms with Gasteiger partial charge in [-0.05, 0) is 48.6 Å². The minimum atomic E-state index is -0.686. The molecule has 0 radical (unpaired) electrons. The summed E-state index contributed by atoms with van der Waals surface area (Å²) in [6.45, 7) is 3.30. The number of hydrogen-bond acceptors (Lipinski definition) is 2. The number of benzene rings is 1. The van der Waals surface area contributed by atoms with Gasteiger partial charge in [0.05, 0.1) is 22.7 Å². The zero-order chi connectivity index (χ0) is 13.2. The minimum Gasteiger partial charge on any atom is -0.394 e. The monoisotopic (exact) mass is 387 g/mol. The molecule has 0 saturated heterocycles. The summed E-state index contributed by atoms with van der Waals surface area (Å²) in [6, 6.07) is 3.14. The number of carbonyl (C=O) groups is 1. The topological polar surface area (TPSA) is 49.3 Å². The van der Waals surface area contributed by atoms with E-state index in [0.29, 0.717) is 19.2 Å². The Morgan fingerprint density at radius 1 is 1.47 bits per heavy atom. The second kappa shape index (κ2) is 5.73. The van der Waals surface area contributed by atoms with Crippen LogP contribution in [0.25, 0.3) is 0 Å². The maximum atomic E-state index is 12.0. The Morgan fingerprint density at radius 2 is 2.06 bits per heavy atom. The highest BCUT2D eigenvalue weighted by Gasteiger charge is 2.22. The zero-order valence-electron chi connectivity index (χ0n) is 9.35. The van der Waals surface area contributed by atoms with Gasteiger partial charge in [-0.2, -0.15) is 0 Å². The van der Waals surface area contributed by atoms with Gasteiger partial charge in [0.15, 0.2) is 0 Å². The summed E-state index contributed by atoms with van der Waals surface area (Å²) >= 11 is 13.8. The number of amides is 1. The van der Waals surface area contributed by atoms with E-state index in [0.717, 1.165) is 0 Å². The van der Waals surface area contributed by atoms with Crippen molar-refractivity contribution in [2.45, 2.75) is 19.4 Å². The minimum absolute atomic E-state index is 0.149. The summed E-state index contributed by atoms with van der Waals surface area (Å²) in [5, 5.41) is 12.6. The molecule has 1 rings (SSSR count). The van der Waals surface area contributed by atoms with Crippen molar-refractivity contribution >= 4 is 51.7 Å². The Morgan fingerprint density at radius 3 is 2.59 bits per heavy atom. The lowest BCUT2D eigenvalue weighted by Gasteiger charge is -2.23. The van der Waals surface area contributed by atoms with Gasteiger partial charge in [0.25, 0.3) is 5.91 Å². The third-order valence-electron chi connectivity index (χ3n) is 2.08. The molecule has 0 saturated carbocycles. The molecule has 0 aliphatic carbocycles. The van der Waals surface area contributed by atoms with E-state index in [4.69, 9.17) is 28.3 Å². The van der Waals surface area contributed by atoms with E-state index in [2.05, 4.69) is 5.32 Å². The molecule has 1 aromatic rings.